The van der Waals surface area contributed by atoms with Crippen LogP contribution in [0, 0.1) is 0 Å². The van der Waals surface area contributed by atoms with E-state index in [1.165, 1.54) is 38.5 Å². The van der Waals surface area contributed by atoms with Crippen LogP contribution >= 0.6 is 0 Å². The van der Waals surface area contributed by atoms with Crippen molar-refractivity contribution in [1.29, 1.82) is 0 Å². The number of unbranched alkanes of at least 4 members (excludes halogenated alkanes) is 6. The van der Waals surface area contributed by atoms with Crippen LogP contribution in [0.2, 0.25) is 8.35 Å². The molecule has 14 heavy (non-hydrogen) atoms. The predicted octanol–water partition coefficient (Wildman–Crippen LogP) is 4.24. The minimum absolute atomic E-state index is 0. The molecular weight excluding hydrogens is 339 g/mol. The molecule has 0 heterocycles. The molecular formula is C12H28HfO. The van der Waals surface area contributed by atoms with Crippen LogP contribution in [0.4, 0.5) is 0 Å². The van der Waals surface area contributed by atoms with Gasteiger partial charge in [-0.15, -0.1) is 0 Å². The molecule has 0 aromatic heterocycles. The molecule has 0 aliphatic carbocycles. The van der Waals surface area contributed by atoms with Crippen molar-refractivity contribution in [2.45, 2.75) is 73.6 Å². The first-order chi connectivity index (χ1) is 6.41. The fourth-order valence-electron chi connectivity index (χ4n) is 1.48. The van der Waals surface area contributed by atoms with Crippen molar-refractivity contribution in [2.24, 2.45) is 0 Å². The van der Waals surface area contributed by atoms with Crippen molar-refractivity contribution in [3.63, 3.8) is 0 Å². The summed E-state index contributed by atoms with van der Waals surface area (Å²) < 4.78 is 3.35. The van der Waals surface area contributed by atoms with Gasteiger partial charge in [0.25, 0.3) is 0 Å². The van der Waals surface area contributed by atoms with E-state index in [2.05, 4.69) is 13.8 Å². The summed E-state index contributed by atoms with van der Waals surface area (Å²) in [6, 6.07) is 0. The normalized spacial score (nSPS) is 9.57. The van der Waals surface area contributed by atoms with Crippen LogP contribution in [0.3, 0.4) is 0 Å². The molecule has 0 unspecified atom stereocenters. The second-order valence-corrected chi connectivity index (χ2v) is 9.26. The Morgan fingerprint density at radius 2 is 1.07 bits per heavy atom. The molecule has 0 radical (unpaired) electrons. The van der Waals surface area contributed by atoms with Crippen molar-refractivity contribution >= 4 is 0 Å². The van der Waals surface area contributed by atoms with E-state index >= 15 is 0 Å². The molecule has 0 aromatic carbocycles. The van der Waals surface area contributed by atoms with Gasteiger partial charge in [0.2, 0.25) is 0 Å². The summed E-state index contributed by atoms with van der Waals surface area (Å²) in [5.74, 6) is 0. The third-order valence-corrected chi connectivity index (χ3v) is 7.50. The van der Waals surface area contributed by atoms with Gasteiger partial charge in [0, 0.05) is 0 Å². The van der Waals surface area contributed by atoms with Gasteiger partial charge in [0.05, 0.1) is 0 Å². The fraction of sp³-hybridized carbons (Fsp3) is 1.00. The monoisotopic (exact) mass is 368 g/mol. The first-order valence-corrected chi connectivity index (χ1v) is 11.2. The predicted molar refractivity (Wildman–Crippen MR) is 61.5 cm³/mol. The van der Waals surface area contributed by atoms with Crippen molar-refractivity contribution in [3.8, 4) is 0 Å². The quantitative estimate of drug-likeness (QED) is 0.409. The Bertz CT molecular complexity index is 76.4. The zero-order chi connectivity index (χ0) is 9.78. The van der Waals surface area contributed by atoms with E-state index in [0.717, 1.165) is 0 Å². The molecule has 0 amide bonds. The van der Waals surface area contributed by atoms with Crippen LogP contribution in [0.25, 0.3) is 0 Å². The van der Waals surface area contributed by atoms with Crippen LogP contribution in [0.1, 0.15) is 65.2 Å². The molecule has 0 saturated carbocycles. The summed E-state index contributed by atoms with van der Waals surface area (Å²) in [7, 11) is 0. The molecule has 0 rings (SSSR count). The van der Waals surface area contributed by atoms with E-state index in [1.54, 1.807) is 21.2 Å². The molecule has 2 heteroatoms. The number of hydrogen-bond donors (Lipinski definition) is 0. The summed E-state index contributed by atoms with van der Waals surface area (Å²) in [5.41, 5.74) is 0. The summed E-state index contributed by atoms with van der Waals surface area (Å²) in [6.45, 7) is 4.60. The summed E-state index contributed by atoms with van der Waals surface area (Å²) >= 11 is -0.0943. The molecule has 0 aliphatic heterocycles. The minimum atomic E-state index is -0.0943. The molecule has 0 aromatic rings. The maximum Gasteiger partial charge on any atom is -0.412 e. The van der Waals surface area contributed by atoms with E-state index in [4.69, 9.17) is 0 Å². The second-order valence-electron chi connectivity index (χ2n) is 3.87. The maximum atomic E-state index is 2.30. The molecule has 0 bridgehead atoms. The van der Waals surface area contributed by atoms with Gasteiger partial charge in [0.1, 0.15) is 0 Å². The van der Waals surface area contributed by atoms with Crippen molar-refractivity contribution in [1.82, 2.24) is 0 Å². The fourth-order valence-corrected chi connectivity index (χ4v) is 5.97. The van der Waals surface area contributed by atoms with Crippen LogP contribution in [0.15, 0.2) is 0 Å². The van der Waals surface area contributed by atoms with E-state index in [-0.39, 0.29) is 28.4 Å². The zero-order valence-electron chi connectivity index (χ0n) is 10.1. The molecule has 1 nitrogen and oxygen atoms in total. The standard InChI is InChI=1S/2C6H13.Hf.H2O/c2*1-3-5-6-4-2;;/h2*1,3-6H2,2H3;;1H2. The summed E-state index contributed by atoms with van der Waals surface area (Å²) in [5, 5.41) is 0. The minimum Gasteiger partial charge on any atom is -0.412 e. The number of hydrogen-bond acceptors (Lipinski definition) is 0. The molecule has 0 fully saturated rings. The third-order valence-electron chi connectivity index (χ3n) is 2.41. The Balaban J connectivity index is 0. The Labute approximate surface area is 102 Å². The van der Waals surface area contributed by atoms with Gasteiger partial charge in [0.15, 0.2) is 0 Å². The van der Waals surface area contributed by atoms with E-state index < -0.39 is 0 Å². The summed E-state index contributed by atoms with van der Waals surface area (Å²) in [4.78, 5) is 0. The van der Waals surface area contributed by atoms with Crippen LogP contribution in [-0.2, 0) is 22.9 Å². The largest absolute Gasteiger partial charge is 0.412 e. The van der Waals surface area contributed by atoms with Crippen LogP contribution in [-0.4, -0.2) is 5.48 Å². The smallest absolute Gasteiger partial charge is 0.412 e. The molecule has 0 atom stereocenters. The van der Waals surface area contributed by atoms with Crippen LogP contribution < -0.4 is 0 Å². The first-order valence-electron chi connectivity index (χ1n) is 6.12. The number of rotatable bonds is 10. The molecule has 0 saturated heterocycles. The van der Waals surface area contributed by atoms with E-state index in [1.807, 2.05) is 0 Å². The van der Waals surface area contributed by atoms with Gasteiger partial charge in [-0.1, -0.05) is 0 Å². The first kappa shape index (κ1) is 17.2. The van der Waals surface area contributed by atoms with Crippen molar-refractivity contribution in [3.05, 3.63) is 0 Å². The van der Waals surface area contributed by atoms with Crippen LogP contribution in [0.5, 0.6) is 0 Å². The molecule has 86 valence electrons. The molecule has 0 spiro atoms. The molecule has 0 aliphatic rings. The Kier molecular flexibility index (Phi) is 20.0. The van der Waals surface area contributed by atoms with E-state index in [9.17, 15) is 0 Å². The van der Waals surface area contributed by atoms with Gasteiger partial charge in [-0.3, -0.25) is 0 Å². The van der Waals surface area contributed by atoms with Crippen molar-refractivity contribution in [2.75, 3.05) is 0 Å². The van der Waals surface area contributed by atoms with Gasteiger partial charge in [-0.05, 0) is 0 Å². The topological polar surface area (TPSA) is 31.5 Å². The van der Waals surface area contributed by atoms with Gasteiger partial charge in [-0.25, -0.2) is 0 Å². The maximum absolute atomic E-state index is 2.30. The third kappa shape index (κ3) is 15.3. The SMILES string of the molecule is CCCCC[CH2][Hf][CH2]CCCCC.O. The summed E-state index contributed by atoms with van der Waals surface area (Å²) in [6.07, 6.45) is 11.9. The average Bonchev–Trinajstić information content (AvgIpc) is 2.16. The Morgan fingerprint density at radius 3 is 1.43 bits per heavy atom. The van der Waals surface area contributed by atoms with Crippen molar-refractivity contribution < 1.29 is 28.4 Å². The Morgan fingerprint density at radius 1 is 0.643 bits per heavy atom. The van der Waals surface area contributed by atoms with Gasteiger partial charge < -0.3 is 5.48 Å². The zero-order valence-corrected chi connectivity index (χ0v) is 13.7. The second kappa shape index (κ2) is 16.3. The average molecular weight is 367 g/mol. The van der Waals surface area contributed by atoms with Gasteiger partial charge >= 0.3 is 96.5 Å². The Hall–Kier alpha value is 0.830. The van der Waals surface area contributed by atoms with E-state index in [0.29, 0.717) is 0 Å². The van der Waals surface area contributed by atoms with Gasteiger partial charge in [-0.2, -0.15) is 0 Å². The molecule has 2 N–H and O–H groups in total.